The van der Waals surface area contributed by atoms with Gasteiger partial charge in [0.2, 0.25) is 0 Å². The van der Waals surface area contributed by atoms with Gasteiger partial charge in [-0.05, 0) is 49.2 Å². The van der Waals surface area contributed by atoms with Gasteiger partial charge in [0.25, 0.3) is 5.91 Å². The van der Waals surface area contributed by atoms with Crippen molar-refractivity contribution in [2.75, 3.05) is 0 Å². The van der Waals surface area contributed by atoms with Gasteiger partial charge in [0.15, 0.2) is 0 Å². The Hall–Kier alpha value is -2.46. The fourth-order valence-electron chi connectivity index (χ4n) is 2.63. The first kappa shape index (κ1) is 17.4. The van der Waals surface area contributed by atoms with Crippen LogP contribution >= 0.6 is 11.3 Å². The lowest BCUT2D eigenvalue weighted by molar-refractivity contribution is 0.0695. The quantitative estimate of drug-likeness (QED) is 0.584. The van der Waals surface area contributed by atoms with Gasteiger partial charge in [0, 0.05) is 17.5 Å². The monoisotopic (exact) mass is 353 g/mol. The maximum atomic E-state index is 13.1. The van der Waals surface area contributed by atoms with Crippen LogP contribution in [0.5, 0.6) is 0 Å². The zero-order chi connectivity index (χ0) is 17.8. The number of hydrogen-bond donors (Lipinski definition) is 0. The van der Waals surface area contributed by atoms with Crippen molar-refractivity contribution in [1.82, 2.24) is 4.90 Å². The van der Waals surface area contributed by atoms with Crippen molar-refractivity contribution in [3.05, 3.63) is 83.0 Å². The van der Waals surface area contributed by atoms with Gasteiger partial charge in [-0.2, -0.15) is 0 Å². The molecule has 1 aromatic heterocycles. The van der Waals surface area contributed by atoms with Crippen molar-refractivity contribution in [2.45, 2.75) is 26.4 Å². The lowest BCUT2D eigenvalue weighted by Gasteiger charge is -2.26. The van der Waals surface area contributed by atoms with Crippen LogP contribution in [0, 0.1) is 5.82 Å². The van der Waals surface area contributed by atoms with E-state index in [1.165, 1.54) is 23.5 Å². The number of nitrogens with zero attached hydrogens (tertiary/aromatic N) is 1. The van der Waals surface area contributed by atoms with Gasteiger partial charge >= 0.3 is 0 Å². The Morgan fingerprint density at radius 2 is 1.68 bits per heavy atom. The highest BCUT2D eigenvalue weighted by molar-refractivity contribution is 7.17. The van der Waals surface area contributed by atoms with Crippen LogP contribution in [0.25, 0.3) is 10.4 Å². The van der Waals surface area contributed by atoms with Crippen LogP contribution in [-0.2, 0) is 6.54 Å². The molecule has 0 fully saturated rings. The molecule has 0 saturated carbocycles. The Balaban J connectivity index is 1.82. The molecule has 0 aliphatic heterocycles. The number of thiophene rings is 1. The molecule has 0 atom stereocenters. The molecule has 4 heteroatoms. The smallest absolute Gasteiger partial charge is 0.264 e. The van der Waals surface area contributed by atoms with Crippen LogP contribution in [0.3, 0.4) is 0 Å². The van der Waals surface area contributed by atoms with Crippen molar-refractivity contribution in [3.8, 4) is 10.4 Å². The van der Waals surface area contributed by atoms with Gasteiger partial charge in [0.05, 0.1) is 4.88 Å². The Morgan fingerprint density at radius 3 is 2.32 bits per heavy atom. The van der Waals surface area contributed by atoms with Gasteiger partial charge in [-0.25, -0.2) is 4.39 Å². The first-order chi connectivity index (χ1) is 12.0. The van der Waals surface area contributed by atoms with E-state index in [0.29, 0.717) is 11.4 Å². The summed E-state index contributed by atoms with van der Waals surface area (Å²) in [4.78, 5) is 16.5. The summed E-state index contributed by atoms with van der Waals surface area (Å²) in [5.74, 6) is -0.234. The molecule has 128 valence electrons. The summed E-state index contributed by atoms with van der Waals surface area (Å²) in [7, 11) is 0. The summed E-state index contributed by atoms with van der Waals surface area (Å²) in [6.45, 7) is 4.63. The number of halogens is 1. The van der Waals surface area contributed by atoms with Crippen LogP contribution < -0.4 is 0 Å². The van der Waals surface area contributed by atoms with Crippen LogP contribution in [0.4, 0.5) is 4.39 Å². The van der Waals surface area contributed by atoms with E-state index in [1.54, 1.807) is 12.1 Å². The number of benzene rings is 2. The van der Waals surface area contributed by atoms with E-state index in [1.807, 2.05) is 61.2 Å². The number of hydrogen-bond acceptors (Lipinski definition) is 2. The number of carbonyl (C=O) groups excluding carboxylic acids is 1. The molecule has 1 heterocycles. The molecule has 0 aliphatic carbocycles. The minimum atomic E-state index is -0.259. The number of carbonyl (C=O) groups is 1. The molecule has 3 aromatic rings. The van der Waals surface area contributed by atoms with Crippen molar-refractivity contribution < 1.29 is 9.18 Å². The summed E-state index contributed by atoms with van der Waals surface area (Å²) in [6, 6.07) is 20.2. The van der Waals surface area contributed by atoms with Gasteiger partial charge in [-0.3, -0.25) is 4.79 Å². The summed E-state index contributed by atoms with van der Waals surface area (Å²) >= 11 is 1.44. The molecule has 2 nitrogen and oxygen atoms in total. The molecule has 0 N–H and O–H groups in total. The second-order valence-electron chi connectivity index (χ2n) is 6.18. The van der Waals surface area contributed by atoms with E-state index in [9.17, 15) is 9.18 Å². The molecule has 0 radical (unpaired) electrons. The van der Waals surface area contributed by atoms with E-state index in [2.05, 4.69) is 0 Å². The molecular formula is C21H20FNOS. The van der Waals surface area contributed by atoms with Crippen LogP contribution in [0.1, 0.15) is 29.1 Å². The SMILES string of the molecule is CC(C)N(Cc1ccccc1)C(=O)c1ccc(-c2ccc(F)cc2)s1. The summed E-state index contributed by atoms with van der Waals surface area (Å²) in [5, 5.41) is 0. The average Bonchev–Trinajstić information content (AvgIpc) is 3.10. The zero-order valence-corrected chi connectivity index (χ0v) is 15.1. The van der Waals surface area contributed by atoms with E-state index in [-0.39, 0.29) is 17.8 Å². The summed E-state index contributed by atoms with van der Waals surface area (Å²) in [6.07, 6.45) is 0. The molecule has 0 aliphatic rings. The van der Waals surface area contributed by atoms with Crippen molar-refractivity contribution >= 4 is 17.2 Å². The van der Waals surface area contributed by atoms with Gasteiger partial charge in [0.1, 0.15) is 5.82 Å². The van der Waals surface area contributed by atoms with Crippen LogP contribution in [-0.4, -0.2) is 16.8 Å². The minimum absolute atomic E-state index is 0.0252. The molecular weight excluding hydrogens is 333 g/mol. The topological polar surface area (TPSA) is 20.3 Å². The fourth-order valence-corrected chi connectivity index (χ4v) is 3.60. The maximum Gasteiger partial charge on any atom is 0.264 e. The highest BCUT2D eigenvalue weighted by Crippen LogP contribution is 2.29. The van der Waals surface area contributed by atoms with E-state index in [0.717, 1.165) is 16.0 Å². The lowest BCUT2D eigenvalue weighted by atomic mass is 10.1. The number of amides is 1. The van der Waals surface area contributed by atoms with E-state index < -0.39 is 0 Å². The Morgan fingerprint density at radius 1 is 1.00 bits per heavy atom. The largest absolute Gasteiger partial charge is 0.331 e. The third-order valence-electron chi connectivity index (χ3n) is 4.03. The maximum absolute atomic E-state index is 13.1. The molecule has 0 spiro atoms. The van der Waals surface area contributed by atoms with Crippen LogP contribution in [0.2, 0.25) is 0 Å². The fraction of sp³-hybridized carbons (Fsp3) is 0.190. The van der Waals surface area contributed by atoms with E-state index in [4.69, 9.17) is 0 Å². The predicted molar refractivity (Wildman–Crippen MR) is 101 cm³/mol. The molecule has 3 rings (SSSR count). The molecule has 0 saturated heterocycles. The second kappa shape index (κ2) is 7.62. The highest BCUT2D eigenvalue weighted by atomic mass is 32.1. The van der Waals surface area contributed by atoms with Crippen molar-refractivity contribution in [1.29, 1.82) is 0 Å². The normalized spacial score (nSPS) is 10.9. The van der Waals surface area contributed by atoms with Crippen LogP contribution in [0.15, 0.2) is 66.7 Å². The van der Waals surface area contributed by atoms with Crippen molar-refractivity contribution in [3.63, 3.8) is 0 Å². The highest BCUT2D eigenvalue weighted by Gasteiger charge is 2.21. The first-order valence-electron chi connectivity index (χ1n) is 8.25. The molecule has 25 heavy (non-hydrogen) atoms. The molecule has 0 unspecified atom stereocenters. The molecule has 0 bridgehead atoms. The zero-order valence-electron chi connectivity index (χ0n) is 14.3. The van der Waals surface area contributed by atoms with Gasteiger partial charge in [-0.1, -0.05) is 42.5 Å². The predicted octanol–water partition coefficient (Wildman–Crippen LogP) is 5.61. The summed E-state index contributed by atoms with van der Waals surface area (Å²) < 4.78 is 13.1. The molecule has 2 aromatic carbocycles. The van der Waals surface area contributed by atoms with Crippen molar-refractivity contribution in [2.24, 2.45) is 0 Å². The first-order valence-corrected chi connectivity index (χ1v) is 9.07. The number of rotatable bonds is 5. The average molecular weight is 353 g/mol. The summed E-state index contributed by atoms with van der Waals surface area (Å²) in [5.41, 5.74) is 2.03. The minimum Gasteiger partial charge on any atom is -0.331 e. The van der Waals surface area contributed by atoms with E-state index >= 15 is 0 Å². The third kappa shape index (κ3) is 4.15. The lowest BCUT2D eigenvalue weighted by Crippen LogP contribution is -2.35. The Kier molecular flexibility index (Phi) is 5.29. The Bertz CT molecular complexity index is 840. The third-order valence-corrected chi connectivity index (χ3v) is 5.15. The van der Waals surface area contributed by atoms with Gasteiger partial charge < -0.3 is 4.90 Å². The Labute approximate surface area is 151 Å². The standard InChI is InChI=1S/C21H20FNOS/c1-15(2)23(14-16-6-4-3-5-7-16)21(24)20-13-12-19(25-20)17-8-10-18(22)11-9-17/h3-13,15H,14H2,1-2H3. The second-order valence-corrected chi connectivity index (χ2v) is 7.27. The molecule has 1 amide bonds. The van der Waals surface area contributed by atoms with Gasteiger partial charge in [-0.15, -0.1) is 11.3 Å².